The lowest BCUT2D eigenvalue weighted by molar-refractivity contribution is -0.118. The molecule has 162 valence electrons. The normalized spacial score (nSPS) is 15.1. The van der Waals surface area contributed by atoms with Gasteiger partial charge < -0.3 is 14.8 Å². The fourth-order valence-electron chi connectivity index (χ4n) is 3.35. The molecule has 30 heavy (non-hydrogen) atoms. The van der Waals surface area contributed by atoms with E-state index in [-0.39, 0.29) is 24.5 Å². The fourth-order valence-corrected chi connectivity index (χ4v) is 4.32. The van der Waals surface area contributed by atoms with E-state index in [0.717, 1.165) is 24.2 Å². The summed E-state index contributed by atoms with van der Waals surface area (Å²) in [4.78, 5) is 27.3. The number of hydrogen-bond acceptors (Lipinski definition) is 6. The molecule has 6 nitrogen and oxygen atoms in total. The van der Waals surface area contributed by atoms with Gasteiger partial charge >= 0.3 is 5.97 Å². The van der Waals surface area contributed by atoms with Gasteiger partial charge in [-0.05, 0) is 23.5 Å². The Bertz CT molecular complexity index is 878. The Morgan fingerprint density at radius 1 is 1.17 bits per heavy atom. The number of nitrogens with one attached hydrogen (secondary N) is 1. The van der Waals surface area contributed by atoms with Gasteiger partial charge in [-0.15, -0.1) is 11.3 Å². The third kappa shape index (κ3) is 5.47. The number of amides is 1. The van der Waals surface area contributed by atoms with E-state index in [4.69, 9.17) is 9.47 Å². The lowest BCUT2D eigenvalue weighted by atomic mass is 9.86. The zero-order valence-corrected chi connectivity index (χ0v) is 18.9. The number of hydrogen-bond donors (Lipinski definition) is 1. The summed E-state index contributed by atoms with van der Waals surface area (Å²) in [5, 5.41) is 5.35. The Kier molecular flexibility index (Phi) is 7.28. The molecule has 2 aromatic rings. The molecule has 1 N–H and O–H groups in total. The van der Waals surface area contributed by atoms with Crippen molar-refractivity contribution in [3.8, 4) is 11.1 Å². The van der Waals surface area contributed by atoms with Gasteiger partial charge in [0.1, 0.15) is 10.6 Å². The smallest absolute Gasteiger partial charge is 0.341 e. The molecule has 0 spiro atoms. The molecule has 3 rings (SSSR count). The molecule has 1 amide bonds. The minimum absolute atomic E-state index is 0.0514. The number of nitrogens with zero attached hydrogens (tertiary/aromatic N) is 1. The van der Waals surface area contributed by atoms with Crippen LogP contribution in [0.15, 0.2) is 29.6 Å². The van der Waals surface area contributed by atoms with Crippen LogP contribution in [0.3, 0.4) is 0 Å². The highest BCUT2D eigenvalue weighted by Crippen LogP contribution is 2.37. The maximum atomic E-state index is 12.7. The molecule has 0 saturated carbocycles. The van der Waals surface area contributed by atoms with Crippen LogP contribution in [-0.4, -0.2) is 56.2 Å². The molecule has 1 fully saturated rings. The summed E-state index contributed by atoms with van der Waals surface area (Å²) >= 11 is 1.35. The van der Waals surface area contributed by atoms with Crippen LogP contribution in [0.4, 0.5) is 5.00 Å². The second-order valence-electron chi connectivity index (χ2n) is 8.34. The van der Waals surface area contributed by atoms with Gasteiger partial charge in [0.2, 0.25) is 5.91 Å². The van der Waals surface area contributed by atoms with E-state index in [1.807, 2.05) is 22.4 Å². The topological polar surface area (TPSA) is 67.9 Å². The van der Waals surface area contributed by atoms with Gasteiger partial charge in [0.15, 0.2) is 0 Å². The Hall–Kier alpha value is -2.22. The number of thiophene rings is 1. The zero-order valence-electron chi connectivity index (χ0n) is 18.1. The van der Waals surface area contributed by atoms with Crippen molar-refractivity contribution in [1.82, 2.24) is 4.90 Å². The van der Waals surface area contributed by atoms with Crippen LogP contribution in [0.2, 0.25) is 0 Å². The standard InChI is InChI=1S/C23H30N2O4S/c1-5-29-22(27)20-18(16-6-8-17(9-7-16)23(2,3)4)15-30-21(20)24-19(26)14-25-10-12-28-13-11-25/h6-9,15H,5,10-14H2,1-4H3,(H,24,26). The summed E-state index contributed by atoms with van der Waals surface area (Å²) in [7, 11) is 0. The van der Waals surface area contributed by atoms with Gasteiger partial charge in [-0.3, -0.25) is 9.69 Å². The molecule has 0 radical (unpaired) electrons. The van der Waals surface area contributed by atoms with Gasteiger partial charge in [-0.2, -0.15) is 0 Å². The van der Waals surface area contributed by atoms with E-state index in [0.29, 0.717) is 23.8 Å². The molecule has 1 aliphatic heterocycles. The van der Waals surface area contributed by atoms with Gasteiger partial charge in [0, 0.05) is 24.0 Å². The van der Waals surface area contributed by atoms with Crippen molar-refractivity contribution in [2.75, 3.05) is 44.8 Å². The van der Waals surface area contributed by atoms with Crippen LogP contribution in [0, 0.1) is 0 Å². The van der Waals surface area contributed by atoms with Gasteiger partial charge in [-0.1, -0.05) is 45.0 Å². The molecule has 0 atom stereocenters. The van der Waals surface area contributed by atoms with Crippen molar-refractivity contribution in [3.63, 3.8) is 0 Å². The first-order valence-electron chi connectivity index (χ1n) is 10.3. The largest absolute Gasteiger partial charge is 0.462 e. The zero-order chi connectivity index (χ0) is 21.7. The number of benzene rings is 1. The maximum absolute atomic E-state index is 12.7. The summed E-state index contributed by atoms with van der Waals surface area (Å²) in [6.07, 6.45) is 0. The van der Waals surface area contributed by atoms with Crippen LogP contribution in [0.25, 0.3) is 11.1 Å². The van der Waals surface area contributed by atoms with E-state index in [1.54, 1.807) is 6.92 Å². The summed E-state index contributed by atoms with van der Waals surface area (Å²) in [6, 6.07) is 8.20. The number of ether oxygens (including phenoxy) is 2. The van der Waals surface area contributed by atoms with Crippen LogP contribution < -0.4 is 5.32 Å². The number of rotatable bonds is 6. The van der Waals surface area contributed by atoms with E-state index < -0.39 is 5.97 Å². The van der Waals surface area contributed by atoms with E-state index in [2.05, 4.69) is 38.2 Å². The van der Waals surface area contributed by atoms with Crippen LogP contribution in [-0.2, 0) is 19.7 Å². The lowest BCUT2D eigenvalue weighted by Gasteiger charge is -2.25. The molecule has 1 saturated heterocycles. The highest BCUT2D eigenvalue weighted by molar-refractivity contribution is 7.15. The van der Waals surface area contributed by atoms with Crippen LogP contribution >= 0.6 is 11.3 Å². The Morgan fingerprint density at radius 3 is 2.43 bits per heavy atom. The summed E-state index contributed by atoms with van der Waals surface area (Å²) in [5.41, 5.74) is 3.39. The Labute approximate surface area is 182 Å². The van der Waals surface area contributed by atoms with Crippen molar-refractivity contribution < 1.29 is 19.1 Å². The third-order valence-electron chi connectivity index (χ3n) is 5.06. The van der Waals surface area contributed by atoms with Crippen molar-refractivity contribution in [3.05, 3.63) is 40.8 Å². The Balaban J connectivity index is 1.84. The predicted octanol–water partition coefficient (Wildman–Crippen LogP) is 4.16. The molecule has 1 aromatic carbocycles. The average Bonchev–Trinajstić information content (AvgIpc) is 3.11. The number of morpholine rings is 1. The molecule has 1 aromatic heterocycles. The predicted molar refractivity (Wildman–Crippen MR) is 120 cm³/mol. The van der Waals surface area contributed by atoms with Crippen LogP contribution in [0.5, 0.6) is 0 Å². The number of anilines is 1. The highest BCUT2D eigenvalue weighted by atomic mass is 32.1. The molecule has 2 heterocycles. The van der Waals surface area contributed by atoms with E-state index >= 15 is 0 Å². The SMILES string of the molecule is CCOC(=O)c1c(-c2ccc(C(C)(C)C)cc2)csc1NC(=O)CN1CCOCC1. The molecule has 0 aliphatic carbocycles. The average molecular weight is 431 g/mol. The van der Waals surface area contributed by atoms with Crippen molar-refractivity contribution in [2.24, 2.45) is 0 Å². The summed E-state index contributed by atoms with van der Waals surface area (Å²) in [5.74, 6) is -0.561. The maximum Gasteiger partial charge on any atom is 0.341 e. The third-order valence-corrected chi connectivity index (χ3v) is 5.95. The number of esters is 1. The first-order chi connectivity index (χ1) is 14.3. The van der Waals surface area contributed by atoms with E-state index in [9.17, 15) is 9.59 Å². The minimum Gasteiger partial charge on any atom is -0.462 e. The van der Waals surface area contributed by atoms with Crippen LogP contribution in [0.1, 0.15) is 43.6 Å². The molecule has 1 aliphatic rings. The minimum atomic E-state index is -0.421. The second-order valence-corrected chi connectivity index (χ2v) is 9.22. The monoisotopic (exact) mass is 430 g/mol. The lowest BCUT2D eigenvalue weighted by Crippen LogP contribution is -2.41. The van der Waals surface area contributed by atoms with E-state index in [1.165, 1.54) is 16.9 Å². The molecule has 7 heteroatoms. The van der Waals surface area contributed by atoms with Crippen molar-refractivity contribution >= 4 is 28.2 Å². The second kappa shape index (κ2) is 9.73. The quantitative estimate of drug-likeness (QED) is 0.697. The summed E-state index contributed by atoms with van der Waals surface area (Å²) in [6.45, 7) is 11.6. The van der Waals surface area contributed by atoms with Crippen molar-refractivity contribution in [1.29, 1.82) is 0 Å². The molecular formula is C23H30N2O4S. The first kappa shape index (κ1) is 22.5. The molecule has 0 bridgehead atoms. The molecule has 0 unspecified atom stereocenters. The number of carbonyl (C=O) groups is 2. The van der Waals surface area contributed by atoms with Gasteiger partial charge in [0.25, 0.3) is 0 Å². The van der Waals surface area contributed by atoms with Crippen molar-refractivity contribution in [2.45, 2.75) is 33.1 Å². The first-order valence-corrected chi connectivity index (χ1v) is 11.2. The molecular weight excluding hydrogens is 400 g/mol. The number of carbonyl (C=O) groups excluding carboxylic acids is 2. The summed E-state index contributed by atoms with van der Waals surface area (Å²) < 4.78 is 10.6. The van der Waals surface area contributed by atoms with Gasteiger partial charge in [-0.25, -0.2) is 4.79 Å². The fraction of sp³-hybridized carbons (Fsp3) is 0.478. The van der Waals surface area contributed by atoms with Gasteiger partial charge in [0.05, 0.1) is 26.4 Å². The Morgan fingerprint density at radius 2 is 1.83 bits per heavy atom. The highest BCUT2D eigenvalue weighted by Gasteiger charge is 2.24.